The van der Waals surface area contributed by atoms with Crippen molar-refractivity contribution in [2.45, 2.75) is 0 Å². The van der Waals surface area contributed by atoms with Crippen LogP contribution < -0.4 is 10.6 Å². The van der Waals surface area contributed by atoms with Gasteiger partial charge in [-0.25, -0.2) is 4.98 Å². The number of nitrogens with zero attached hydrogens (tertiary/aromatic N) is 4. The van der Waals surface area contributed by atoms with Crippen molar-refractivity contribution < 1.29 is 9.94 Å². The topological polar surface area (TPSA) is 90.6 Å². The van der Waals surface area contributed by atoms with Gasteiger partial charge in [0.15, 0.2) is 5.65 Å². The second-order valence-corrected chi connectivity index (χ2v) is 2.41. The quantitative estimate of drug-likeness (QED) is 0.606. The number of fused-ring (bicyclic) bond motifs is 1. The first-order valence-electron chi connectivity index (χ1n) is 3.73. The second kappa shape index (κ2) is 2.94. The van der Waals surface area contributed by atoms with Crippen molar-refractivity contribution in [3.05, 3.63) is 12.5 Å². The molecule has 0 unspecified atom stereocenters. The fraction of sp³-hybridized carbons (Fsp3) is 0.333. The second-order valence-electron chi connectivity index (χ2n) is 2.41. The van der Waals surface area contributed by atoms with Crippen LogP contribution in [0.4, 0.5) is 5.95 Å². The molecular weight excluding hydrogens is 174 g/mol. The summed E-state index contributed by atoms with van der Waals surface area (Å²) in [5.74, 6) is 0.228. The average Bonchev–Trinajstić information content (AvgIpc) is 2.62. The van der Waals surface area contributed by atoms with E-state index in [0.717, 1.165) is 0 Å². The zero-order valence-electron chi connectivity index (χ0n) is 6.79. The zero-order chi connectivity index (χ0) is 9.26. The molecular formula is C6H9N5O2. The van der Waals surface area contributed by atoms with Crippen LogP contribution in [0.15, 0.2) is 12.5 Å². The van der Waals surface area contributed by atoms with Gasteiger partial charge in [-0.1, -0.05) is 0 Å². The van der Waals surface area contributed by atoms with E-state index in [1.165, 1.54) is 15.6 Å². The van der Waals surface area contributed by atoms with Crippen LogP contribution in [0.1, 0.15) is 0 Å². The molecule has 2 aromatic rings. The molecule has 0 spiro atoms. The number of rotatable bonds is 3. The maximum absolute atomic E-state index is 8.56. The van der Waals surface area contributed by atoms with Crippen LogP contribution in [0, 0.1) is 0 Å². The van der Waals surface area contributed by atoms with E-state index >= 15 is 0 Å². The van der Waals surface area contributed by atoms with Crippen molar-refractivity contribution in [3.8, 4) is 0 Å². The van der Waals surface area contributed by atoms with Crippen LogP contribution in [-0.2, 0) is 0 Å². The third kappa shape index (κ3) is 1.18. The molecule has 0 saturated carbocycles. The Hall–Kier alpha value is -1.76. The van der Waals surface area contributed by atoms with Gasteiger partial charge in [-0.2, -0.15) is 4.52 Å². The molecule has 0 radical (unpaired) electrons. The molecule has 0 aliphatic carbocycles. The van der Waals surface area contributed by atoms with Gasteiger partial charge in [0, 0.05) is 0 Å². The van der Waals surface area contributed by atoms with Gasteiger partial charge in [0.1, 0.15) is 12.9 Å². The first-order valence-corrected chi connectivity index (χ1v) is 3.73. The first-order chi connectivity index (χ1) is 6.33. The summed E-state index contributed by atoms with van der Waals surface area (Å²) in [6, 6.07) is 0. The lowest BCUT2D eigenvalue weighted by Crippen LogP contribution is -2.17. The number of anilines is 1. The van der Waals surface area contributed by atoms with Crippen LogP contribution in [0.2, 0.25) is 0 Å². The van der Waals surface area contributed by atoms with Crippen molar-refractivity contribution in [3.63, 3.8) is 0 Å². The van der Waals surface area contributed by atoms with Crippen molar-refractivity contribution >= 4 is 11.6 Å². The van der Waals surface area contributed by atoms with Gasteiger partial charge in [-0.3, -0.25) is 0 Å². The van der Waals surface area contributed by atoms with E-state index in [2.05, 4.69) is 10.1 Å². The van der Waals surface area contributed by atoms with Gasteiger partial charge in [0.2, 0.25) is 0 Å². The minimum atomic E-state index is -0.0715. The van der Waals surface area contributed by atoms with E-state index < -0.39 is 0 Å². The number of imidazole rings is 1. The van der Waals surface area contributed by atoms with Crippen LogP contribution in [-0.4, -0.2) is 37.6 Å². The van der Waals surface area contributed by atoms with Gasteiger partial charge in [-0.05, 0) is 0 Å². The van der Waals surface area contributed by atoms with Crippen LogP contribution >= 0.6 is 0 Å². The monoisotopic (exact) mass is 183 g/mol. The summed E-state index contributed by atoms with van der Waals surface area (Å²) in [4.78, 5) is 8.97. The molecule has 3 N–H and O–H groups in total. The van der Waals surface area contributed by atoms with Crippen LogP contribution in [0.25, 0.3) is 5.65 Å². The van der Waals surface area contributed by atoms with Crippen molar-refractivity contribution in [2.75, 3.05) is 18.9 Å². The summed E-state index contributed by atoms with van der Waals surface area (Å²) in [6.07, 6.45) is 3.09. The first kappa shape index (κ1) is 7.87. The summed E-state index contributed by atoms with van der Waals surface area (Å²) < 4.78 is 2.82. The smallest absolute Gasteiger partial charge is 0.254 e. The number of hydrogen-bond donors (Lipinski definition) is 2. The number of hydrogen-bond acceptors (Lipinski definition) is 5. The Morgan fingerprint density at radius 2 is 2.46 bits per heavy atom. The number of nitrogens with two attached hydrogens (primary N) is 1. The third-order valence-corrected chi connectivity index (χ3v) is 1.54. The molecule has 0 bridgehead atoms. The van der Waals surface area contributed by atoms with Crippen molar-refractivity contribution in [1.29, 1.82) is 0 Å². The fourth-order valence-electron chi connectivity index (χ4n) is 1.04. The Morgan fingerprint density at radius 3 is 3.23 bits per heavy atom. The van der Waals surface area contributed by atoms with Crippen molar-refractivity contribution in [2.24, 2.45) is 0 Å². The molecule has 0 aliphatic heterocycles. The summed E-state index contributed by atoms with van der Waals surface area (Å²) >= 11 is 0. The molecule has 0 saturated heterocycles. The Balaban J connectivity index is 2.39. The van der Waals surface area contributed by atoms with Gasteiger partial charge in [-0.15, -0.1) is 9.83 Å². The fourth-order valence-corrected chi connectivity index (χ4v) is 1.04. The minimum absolute atomic E-state index is 0.0715. The molecule has 0 aliphatic rings. The Kier molecular flexibility index (Phi) is 1.78. The highest BCUT2D eigenvalue weighted by atomic mass is 16.7. The lowest BCUT2D eigenvalue weighted by Gasteiger charge is -2.04. The summed E-state index contributed by atoms with van der Waals surface area (Å²) in [7, 11) is 0. The zero-order valence-corrected chi connectivity index (χ0v) is 6.79. The standard InChI is InChI=1S/C6H9N5O2/c7-6-9-10-4-8-3-5(10)11(6)13-2-1-12/h3-4,12H,1-2H2,(H2,7,9). The van der Waals surface area contributed by atoms with E-state index in [4.69, 9.17) is 15.7 Å². The van der Waals surface area contributed by atoms with E-state index in [1.807, 2.05) is 0 Å². The molecule has 7 nitrogen and oxygen atoms in total. The third-order valence-electron chi connectivity index (χ3n) is 1.54. The lowest BCUT2D eigenvalue weighted by atomic mass is 10.8. The van der Waals surface area contributed by atoms with Gasteiger partial charge in [0.05, 0.1) is 12.8 Å². The van der Waals surface area contributed by atoms with E-state index in [1.54, 1.807) is 6.20 Å². The summed E-state index contributed by atoms with van der Waals surface area (Å²) in [5, 5.41) is 12.5. The molecule has 7 heteroatoms. The minimum Gasteiger partial charge on any atom is -0.406 e. The molecule has 0 atom stereocenters. The average molecular weight is 183 g/mol. The molecule has 0 amide bonds. The number of nitrogen functional groups attached to an aromatic ring is 1. The Morgan fingerprint density at radius 1 is 1.62 bits per heavy atom. The van der Waals surface area contributed by atoms with E-state index in [0.29, 0.717) is 5.65 Å². The number of aliphatic hydroxyl groups excluding tert-OH is 1. The number of aromatic nitrogens is 4. The van der Waals surface area contributed by atoms with Gasteiger partial charge < -0.3 is 15.7 Å². The normalized spacial score (nSPS) is 10.8. The molecule has 70 valence electrons. The van der Waals surface area contributed by atoms with Crippen LogP contribution in [0.3, 0.4) is 0 Å². The molecule has 2 heterocycles. The summed E-state index contributed by atoms with van der Waals surface area (Å²) in [6.45, 7) is 0.0965. The largest absolute Gasteiger partial charge is 0.406 e. The molecule has 2 aromatic heterocycles. The maximum atomic E-state index is 8.56. The van der Waals surface area contributed by atoms with E-state index in [9.17, 15) is 0 Å². The van der Waals surface area contributed by atoms with Crippen molar-refractivity contribution in [1.82, 2.24) is 19.3 Å². The van der Waals surface area contributed by atoms with Gasteiger partial charge in [0.25, 0.3) is 5.95 Å². The highest BCUT2D eigenvalue weighted by Gasteiger charge is 2.08. The van der Waals surface area contributed by atoms with Crippen LogP contribution in [0.5, 0.6) is 0 Å². The number of aliphatic hydroxyl groups is 1. The van der Waals surface area contributed by atoms with Gasteiger partial charge >= 0.3 is 0 Å². The summed E-state index contributed by atoms with van der Waals surface area (Å²) in [5.41, 5.74) is 6.17. The van der Waals surface area contributed by atoms with E-state index in [-0.39, 0.29) is 19.2 Å². The highest BCUT2D eigenvalue weighted by Crippen LogP contribution is 2.05. The highest BCUT2D eigenvalue weighted by molar-refractivity contribution is 5.40. The Bertz CT molecular complexity index is 406. The predicted octanol–water partition coefficient (Wildman–Crippen LogP) is -1.47. The lowest BCUT2D eigenvalue weighted by molar-refractivity contribution is 0.0854. The SMILES string of the molecule is Nc1nn2cncc2n1OCCO. The molecule has 2 rings (SSSR count). The molecule has 0 fully saturated rings. The predicted molar refractivity (Wildman–Crippen MR) is 43.9 cm³/mol. The maximum Gasteiger partial charge on any atom is 0.254 e. The Labute approximate surface area is 73.3 Å². The molecule has 0 aromatic carbocycles. The molecule has 13 heavy (non-hydrogen) atoms.